The lowest BCUT2D eigenvalue weighted by atomic mass is 10.1. The van der Waals surface area contributed by atoms with Gasteiger partial charge in [0.15, 0.2) is 0 Å². The summed E-state index contributed by atoms with van der Waals surface area (Å²) in [7, 11) is 1.84. The lowest BCUT2D eigenvalue weighted by Crippen LogP contribution is -2.25. The number of carbonyl (C=O) groups excluding carboxylic acids is 1. The zero-order valence-electron chi connectivity index (χ0n) is 12.2. The normalized spacial score (nSPS) is 9.33. The van der Waals surface area contributed by atoms with Gasteiger partial charge in [-0.25, -0.2) is 0 Å². The third-order valence-electron chi connectivity index (χ3n) is 2.90. The molecule has 0 fully saturated rings. The smallest absolute Gasteiger partial charge is 0.245 e. The summed E-state index contributed by atoms with van der Waals surface area (Å²) in [4.78, 5) is 12.9. The van der Waals surface area contributed by atoms with Gasteiger partial charge in [-0.2, -0.15) is 0 Å². The van der Waals surface area contributed by atoms with E-state index in [1.807, 2.05) is 7.05 Å². The van der Waals surface area contributed by atoms with Crippen molar-refractivity contribution < 1.29 is 4.79 Å². The van der Waals surface area contributed by atoms with E-state index in [-0.39, 0.29) is 5.91 Å². The molecule has 0 aromatic heterocycles. The highest BCUT2D eigenvalue weighted by Crippen LogP contribution is 2.08. The molecule has 0 radical (unpaired) electrons. The molecule has 4 N–H and O–H groups in total. The van der Waals surface area contributed by atoms with E-state index >= 15 is 0 Å². The van der Waals surface area contributed by atoms with Crippen molar-refractivity contribution in [1.29, 1.82) is 0 Å². The number of amides is 1. The molecule has 0 spiro atoms. The van der Waals surface area contributed by atoms with Crippen molar-refractivity contribution in [1.82, 2.24) is 4.90 Å². The van der Waals surface area contributed by atoms with Crippen LogP contribution in [0.25, 0.3) is 0 Å². The molecule has 0 aliphatic rings. The van der Waals surface area contributed by atoms with Crippen molar-refractivity contribution in [3.8, 4) is 0 Å². The second-order valence-corrected chi connectivity index (χ2v) is 4.44. The van der Waals surface area contributed by atoms with Gasteiger partial charge >= 0.3 is 0 Å². The van der Waals surface area contributed by atoms with Gasteiger partial charge in [-0.3, -0.25) is 16.5 Å². The predicted molar refractivity (Wildman–Crippen MR) is 78.8 cm³/mol. The van der Waals surface area contributed by atoms with Gasteiger partial charge in [-0.1, -0.05) is 58.4 Å². The molecule has 0 aliphatic heterocycles. The second kappa shape index (κ2) is 16.1. The Balaban J connectivity index is 0. The lowest BCUT2D eigenvalue weighted by molar-refractivity contribution is -0.124. The van der Waals surface area contributed by atoms with Crippen LogP contribution in [-0.4, -0.2) is 24.4 Å². The van der Waals surface area contributed by atoms with Gasteiger partial charge in [0.2, 0.25) is 5.91 Å². The number of hydrogen-bond acceptors (Lipinski definition) is 3. The fourth-order valence-electron chi connectivity index (χ4n) is 1.75. The van der Waals surface area contributed by atoms with Gasteiger partial charge in [-0.15, -0.1) is 0 Å². The maximum Gasteiger partial charge on any atom is 0.245 e. The molecule has 0 aromatic carbocycles. The van der Waals surface area contributed by atoms with Crippen LogP contribution < -0.4 is 11.7 Å². The van der Waals surface area contributed by atoms with Crippen molar-refractivity contribution in [3.05, 3.63) is 12.7 Å². The van der Waals surface area contributed by atoms with Gasteiger partial charge in [0.1, 0.15) is 0 Å². The van der Waals surface area contributed by atoms with E-state index in [0.717, 1.165) is 13.0 Å². The summed E-state index contributed by atoms with van der Waals surface area (Å²) in [6, 6.07) is 0. The van der Waals surface area contributed by atoms with Crippen LogP contribution in [0.5, 0.6) is 0 Å². The fourth-order valence-corrected chi connectivity index (χ4v) is 1.75. The first-order valence-corrected chi connectivity index (χ1v) is 6.93. The Morgan fingerprint density at radius 2 is 1.50 bits per heavy atom. The molecule has 4 heteroatoms. The minimum Gasteiger partial charge on any atom is -0.342 e. The molecular formula is C14H31N3O. The van der Waals surface area contributed by atoms with Crippen molar-refractivity contribution >= 4 is 5.91 Å². The number of hydrazine groups is 1. The molecule has 1 amide bonds. The Morgan fingerprint density at radius 3 is 1.94 bits per heavy atom. The lowest BCUT2D eigenvalue weighted by Gasteiger charge is -2.14. The molecule has 0 saturated carbocycles. The monoisotopic (exact) mass is 257 g/mol. The van der Waals surface area contributed by atoms with Crippen molar-refractivity contribution in [2.24, 2.45) is 11.7 Å². The molecule has 0 rings (SSSR count). The van der Waals surface area contributed by atoms with Gasteiger partial charge < -0.3 is 4.90 Å². The summed E-state index contributed by atoms with van der Waals surface area (Å²) >= 11 is 0. The first kappa shape index (κ1) is 19.5. The summed E-state index contributed by atoms with van der Waals surface area (Å²) in [6.45, 7) is 6.58. The minimum absolute atomic E-state index is 0.0305. The Hall–Kier alpha value is -0.870. The summed E-state index contributed by atoms with van der Waals surface area (Å²) in [5, 5.41) is 0. The van der Waals surface area contributed by atoms with E-state index in [1.54, 1.807) is 4.90 Å². The van der Waals surface area contributed by atoms with Crippen molar-refractivity contribution in [2.75, 3.05) is 13.6 Å². The van der Waals surface area contributed by atoms with Gasteiger partial charge in [-0.05, 0) is 12.5 Å². The van der Waals surface area contributed by atoms with Crippen LogP contribution in [-0.2, 0) is 4.79 Å². The first-order valence-electron chi connectivity index (χ1n) is 6.93. The molecule has 0 heterocycles. The quantitative estimate of drug-likeness (QED) is 0.273. The van der Waals surface area contributed by atoms with Crippen LogP contribution in [0.15, 0.2) is 12.7 Å². The molecule has 0 saturated heterocycles. The van der Waals surface area contributed by atoms with Gasteiger partial charge in [0.05, 0.1) is 0 Å². The molecule has 0 atom stereocenters. The number of nitrogens with zero attached hydrogens (tertiary/aromatic N) is 1. The number of hydrogen-bond donors (Lipinski definition) is 2. The summed E-state index contributed by atoms with van der Waals surface area (Å²) in [6.07, 6.45) is 11.8. The van der Waals surface area contributed by atoms with E-state index in [4.69, 9.17) is 0 Å². The zero-order valence-corrected chi connectivity index (χ0v) is 12.2. The minimum atomic E-state index is 0.0305. The Kier molecular flexibility index (Phi) is 17.4. The largest absolute Gasteiger partial charge is 0.342 e. The number of likely N-dealkylation sites (N-methyl/N-ethyl adjacent to an activating group) is 1. The Morgan fingerprint density at radius 1 is 1.06 bits per heavy atom. The van der Waals surface area contributed by atoms with Crippen LogP contribution in [0.2, 0.25) is 0 Å². The summed E-state index contributed by atoms with van der Waals surface area (Å²) in [5.41, 5.74) is 0. The molecule has 4 nitrogen and oxygen atoms in total. The number of rotatable bonds is 10. The average molecular weight is 257 g/mol. The van der Waals surface area contributed by atoms with E-state index in [1.165, 1.54) is 51.0 Å². The first-order chi connectivity index (χ1) is 8.72. The molecule has 0 aliphatic carbocycles. The predicted octanol–water partition coefficient (Wildman–Crippen LogP) is 2.59. The van der Waals surface area contributed by atoms with Crippen LogP contribution in [0.3, 0.4) is 0 Å². The number of carbonyl (C=O) groups is 1. The highest BCUT2D eigenvalue weighted by Gasteiger charge is 2.02. The van der Waals surface area contributed by atoms with Crippen LogP contribution in [0.1, 0.15) is 58.3 Å². The maximum absolute atomic E-state index is 11.2. The zero-order chi connectivity index (χ0) is 14.2. The van der Waals surface area contributed by atoms with E-state index < -0.39 is 0 Å². The summed E-state index contributed by atoms with van der Waals surface area (Å²) < 4.78 is 0. The summed E-state index contributed by atoms with van der Waals surface area (Å²) in [5.74, 6) is 8.03. The number of unbranched alkanes of at least 4 members (excludes halogenated alkanes) is 7. The van der Waals surface area contributed by atoms with E-state index in [0.29, 0.717) is 0 Å². The molecule has 0 aromatic rings. The van der Waals surface area contributed by atoms with E-state index in [2.05, 4.69) is 25.2 Å². The molecule has 18 heavy (non-hydrogen) atoms. The third kappa shape index (κ3) is 13.2. The fraction of sp³-hybridized carbons (Fsp3) is 0.786. The highest BCUT2D eigenvalue weighted by molar-refractivity contribution is 5.86. The Labute approximate surface area is 112 Å². The van der Waals surface area contributed by atoms with Crippen LogP contribution in [0.4, 0.5) is 0 Å². The van der Waals surface area contributed by atoms with Crippen LogP contribution in [0, 0.1) is 0 Å². The molecule has 0 bridgehead atoms. The molecular weight excluding hydrogens is 226 g/mol. The van der Waals surface area contributed by atoms with Gasteiger partial charge in [0.25, 0.3) is 0 Å². The topological polar surface area (TPSA) is 72.3 Å². The average Bonchev–Trinajstić information content (AvgIpc) is 2.42. The highest BCUT2D eigenvalue weighted by atomic mass is 16.2. The van der Waals surface area contributed by atoms with Crippen molar-refractivity contribution in [3.63, 3.8) is 0 Å². The SMILES string of the molecule is C=CC(=O)N(C)CCCCCCCCCC.NN. The molecule has 108 valence electrons. The van der Waals surface area contributed by atoms with E-state index in [9.17, 15) is 4.79 Å². The third-order valence-corrected chi connectivity index (χ3v) is 2.90. The number of nitrogens with two attached hydrogens (primary N) is 2. The van der Waals surface area contributed by atoms with Crippen molar-refractivity contribution in [2.45, 2.75) is 58.3 Å². The maximum atomic E-state index is 11.2. The van der Waals surface area contributed by atoms with Crippen LogP contribution >= 0.6 is 0 Å². The second-order valence-electron chi connectivity index (χ2n) is 4.44. The molecule has 0 unspecified atom stereocenters. The standard InChI is InChI=1S/C14H27NO.H4N2/c1-4-6-7-8-9-10-11-12-13-15(3)14(16)5-2;1-2/h5H,2,4,6-13H2,1,3H3;1-2H2. The van der Waals surface area contributed by atoms with Gasteiger partial charge in [0, 0.05) is 13.6 Å². The Bertz CT molecular complexity index is 195.